The molecule has 0 aliphatic carbocycles. The summed E-state index contributed by atoms with van der Waals surface area (Å²) < 4.78 is 11.9. The predicted octanol–water partition coefficient (Wildman–Crippen LogP) is 20.4. The van der Waals surface area contributed by atoms with Gasteiger partial charge in [-0.05, 0) is 46.5 Å². The number of aromatic nitrogens is 2. The molecular formula is C68H36N4S3. The van der Waals surface area contributed by atoms with Crippen LogP contribution in [0.25, 0.3) is 154 Å². The third kappa shape index (κ3) is 5.83. The molecule has 0 bridgehead atoms. The molecule has 4 nitrogen and oxygen atoms in total. The molecule has 0 saturated carbocycles. The van der Waals surface area contributed by atoms with Crippen molar-refractivity contribution in [2.45, 2.75) is 0 Å². The van der Waals surface area contributed by atoms with Gasteiger partial charge in [0.05, 0.1) is 55.0 Å². The first-order valence-electron chi connectivity index (χ1n) is 24.9. The highest BCUT2D eigenvalue weighted by atomic mass is 32.1. The van der Waals surface area contributed by atoms with Gasteiger partial charge in [0.2, 0.25) is 5.69 Å². The average Bonchev–Trinajstić information content (AvgIpc) is 4.35. The first-order chi connectivity index (χ1) is 37.2. The van der Waals surface area contributed by atoms with Crippen molar-refractivity contribution in [3.05, 3.63) is 235 Å². The molecule has 346 valence electrons. The number of hydrogen-bond donors (Lipinski definition) is 0. The van der Waals surface area contributed by atoms with E-state index in [0.29, 0.717) is 16.8 Å². The molecule has 0 radical (unpaired) electrons. The Balaban J connectivity index is 1.20. The Labute approximate surface area is 441 Å². The van der Waals surface area contributed by atoms with Gasteiger partial charge in [-0.3, -0.25) is 0 Å². The van der Waals surface area contributed by atoms with E-state index in [4.69, 9.17) is 4.85 Å². The fourth-order valence-electron chi connectivity index (χ4n) is 12.3. The maximum atomic E-state index is 12.2. The van der Waals surface area contributed by atoms with Crippen LogP contribution in [0, 0.1) is 17.9 Å². The minimum atomic E-state index is 0.426. The number of thiophene rings is 3. The molecule has 0 atom stereocenters. The molecule has 7 heteroatoms. The van der Waals surface area contributed by atoms with Crippen LogP contribution in [-0.4, -0.2) is 9.13 Å². The number of para-hydroxylation sites is 1. The van der Waals surface area contributed by atoms with Gasteiger partial charge in [-0.2, -0.15) is 5.26 Å². The van der Waals surface area contributed by atoms with Crippen molar-refractivity contribution in [1.82, 2.24) is 9.13 Å². The van der Waals surface area contributed by atoms with Gasteiger partial charge in [-0.1, -0.05) is 194 Å². The van der Waals surface area contributed by atoms with Crippen molar-refractivity contribution in [2.24, 2.45) is 0 Å². The van der Waals surface area contributed by atoms with Gasteiger partial charge in [0.1, 0.15) is 6.07 Å². The van der Waals surface area contributed by atoms with Crippen LogP contribution >= 0.6 is 34.0 Å². The highest BCUT2D eigenvalue weighted by Gasteiger charge is 2.33. The van der Waals surface area contributed by atoms with Crippen molar-refractivity contribution in [3.8, 4) is 50.8 Å². The van der Waals surface area contributed by atoms with Crippen molar-refractivity contribution in [2.75, 3.05) is 0 Å². The SMILES string of the molecule is [C-]#[N+]c1c(-c2ccccc2)c(C#N)c(-n2c3ccccc3c3ccc4sc5c(-c6ccccc6)cccc5c4c32)c(-c2ccccc2)c1-n1c2c(ccc3c4ccccc4sc32)c2ccc3c4ccccc4sc3c21. The van der Waals surface area contributed by atoms with Gasteiger partial charge < -0.3 is 9.13 Å². The van der Waals surface area contributed by atoms with Gasteiger partial charge >= 0.3 is 0 Å². The van der Waals surface area contributed by atoms with Gasteiger partial charge in [-0.25, -0.2) is 4.85 Å². The number of rotatable bonds is 5. The summed E-state index contributed by atoms with van der Waals surface area (Å²) in [6.45, 7) is 9.60. The fourth-order valence-corrected chi connectivity index (χ4v) is 16.0. The number of fused-ring (bicyclic) bond motifs is 18. The normalized spacial score (nSPS) is 12.0. The summed E-state index contributed by atoms with van der Waals surface area (Å²) >= 11 is 5.43. The van der Waals surface area contributed by atoms with Crippen LogP contribution in [0.5, 0.6) is 0 Å². The van der Waals surface area contributed by atoms with E-state index in [-0.39, 0.29) is 0 Å². The Morgan fingerprint density at radius 2 is 0.867 bits per heavy atom. The van der Waals surface area contributed by atoms with Crippen LogP contribution < -0.4 is 0 Å². The van der Waals surface area contributed by atoms with Gasteiger partial charge in [0.15, 0.2) is 0 Å². The summed E-state index contributed by atoms with van der Waals surface area (Å²) in [5.74, 6) is 0. The largest absolute Gasteiger partial charge is 0.316 e. The molecule has 0 amide bonds. The van der Waals surface area contributed by atoms with Crippen molar-refractivity contribution in [1.29, 1.82) is 5.26 Å². The van der Waals surface area contributed by atoms with Crippen LogP contribution in [0.3, 0.4) is 0 Å². The Morgan fingerprint density at radius 3 is 1.48 bits per heavy atom. The lowest BCUT2D eigenvalue weighted by atomic mass is 9.88. The van der Waals surface area contributed by atoms with Gasteiger partial charge in [0, 0.05) is 83.8 Å². The lowest BCUT2D eigenvalue weighted by Crippen LogP contribution is -2.09. The first-order valence-corrected chi connectivity index (χ1v) is 27.4. The molecule has 0 spiro atoms. The van der Waals surface area contributed by atoms with E-state index in [1.54, 1.807) is 22.7 Å². The maximum Gasteiger partial charge on any atom is 0.220 e. The summed E-state index contributed by atoms with van der Waals surface area (Å²) in [5, 5.41) is 23.7. The van der Waals surface area contributed by atoms with Crippen LogP contribution in [0.1, 0.15) is 5.56 Å². The van der Waals surface area contributed by atoms with Crippen LogP contribution in [0.15, 0.2) is 218 Å². The number of hydrogen-bond acceptors (Lipinski definition) is 4. The molecule has 0 aliphatic rings. The Bertz CT molecular complexity index is 5070. The molecule has 0 saturated heterocycles. The molecule has 0 unspecified atom stereocenters. The van der Waals surface area contributed by atoms with E-state index in [2.05, 4.69) is 215 Å². The number of benzene rings is 11. The number of nitrogens with zero attached hydrogens (tertiary/aromatic N) is 4. The molecular weight excluding hydrogens is 969 g/mol. The molecule has 75 heavy (non-hydrogen) atoms. The standard InChI is InChI=1S/C68H36N4S3/c1-70-60-57(40-20-7-3-8-21-40)52(38-69)62(71-53-29-14-11-24-43(53)46-36-37-56-59(61(46)71)51-28-17-27-42(66(51)75-56)39-18-5-2-6-19-39)58(41-22-9-4-10-23-41)65(60)72-63-47(32-34-49-44-25-12-15-30-54(44)73-67(49)63)48-33-35-50-45-26-13-16-31-55(45)74-68(50)64(48)72/h2-37H. The van der Waals surface area contributed by atoms with E-state index >= 15 is 0 Å². The van der Waals surface area contributed by atoms with Crippen LogP contribution in [0.2, 0.25) is 0 Å². The molecule has 5 heterocycles. The second kappa shape index (κ2) is 16.1. The van der Waals surface area contributed by atoms with E-state index < -0.39 is 0 Å². The third-order valence-corrected chi connectivity index (χ3v) is 19.0. The number of nitriles is 1. The first kappa shape index (κ1) is 42.2. The van der Waals surface area contributed by atoms with Gasteiger partial charge in [0.25, 0.3) is 0 Å². The van der Waals surface area contributed by atoms with Crippen molar-refractivity contribution in [3.63, 3.8) is 0 Å². The molecule has 16 aromatic rings. The predicted molar refractivity (Wildman–Crippen MR) is 321 cm³/mol. The lowest BCUT2D eigenvalue weighted by molar-refractivity contribution is 1.14. The van der Waals surface area contributed by atoms with E-state index in [1.165, 1.54) is 46.8 Å². The highest BCUT2D eigenvalue weighted by Crippen LogP contribution is 2.56. The van der Waals surface area contributed by atoms with Crippen molar-refractivity contribution < 1.29 is 0 Å². The summed E-state index contributed by atoms with van der Waals surface area (Å²) in [5.41, 5.74) is 12.0. The summed E-state index contributed by atoms with van der Waals surface area (Å²) in [6, 6.07) is 80.6. The molecule has 0 aliphatic heterocycles. The second-order valence-corrected chi connectivity index (χ2v) is 22.3. The van der Waals surface area contributed by atoms with Crippen LogP contribution in [0.4, 0.5) is 5.69 Å². The lowest BCUT2D eigenvalue weighted by Gasteiger charge is -2.26. The minimum Gasteiger partial charge on any atom is -0.316 e. The monoisotopic (exact) mass is 1000 g/mol. The quantitative estimate of drug-likeness (QED) is 0.158. The second-order valence-electron chi connectivity index (χ2n) is 19.2. The molecule has 11 aromatic carbocycles. The van der Waals surface area contributed by atoms with E-state index in [9.17, 15) is 11.8 Å². The maximum absolute atomic E-state index is 12.2. The average molecular weight is 1010 g/mol. The highest BCUT2D eigenvalue weighted by molar-refractivity contribution is 7.27. The third-order valence-electron chi connectivity index (χ3n) is 15.4. The Hall–Kier alpha value is -9.34. The smallest absolute Gasteiger partial charge is 0.220 e. The summed E-state index contributed by atoms with van der Waals surface area (Å²) in [4.78, 5) is 4.70. The molecule has 5 aromatic heterocycles. The minimum absolute atomic E-state index is 0.426. The van der Waals surface area contributed by atoms with E-state index in [0.717, 1.165) is 96.5 Å². The zero-order valence-electron chi connectivity index (χ0n) is 39.8. The zero-order chi connectivity index (χ0) is 49.5. The Morgan fingerprint density at radius 1 is 0.373 bits per heavy atom. The summed E-state index contributed by atoms with van der Waals surface area (Å²) in [7, 11) is 0. The molecule has 0 fully saturated rings. The molecule has 0 N–H and O–H groups in total. The zero-order valence-corrected chi connectivity index (χ0v) is 42.2. The fraction of sp³-hybridized carbons (Fsp3) is 0. The summed E-state index contributed by atoms with van der Waals surface area (Å²) in [6.07, 6.45) is 0. The Kier molecular flexibility index (Phi) is 9.05. The van der Waals surface area contributed by atoms with Crippen LogP contribution in [-0.2, 0) is 0 Å². The molecule has 16 rings (SSSR count). The van der Waals surface area contributed by atoms with Gasteiger partial charge in [-0.15, -0.1) is 34.0 Å². The van der Waals surface area contributed by atoms with E-state index in [1.807, 2.05) is 29.5 Å². The van der Waals surface area contributed by atoms with Crippen molar-refractivity contribution >= 4 is 144 Å². The topological polar surface area (TPSA) is 38.0 Å².